The molecular weight excluding hydrogens is 506 g/mol. The first-order chi connectivity index (χ1) is 19.6. The lowest BCUT2D eigenvalue weighted by Gasteiger charge is -2.39. The number of benzene rings is 3. The van der Waals surface area contributed by atoms with Gasteiger partial charge in [-0.25, -0.2) is 4.68 Å². The quantitative estimate of drug-likeness (QED) is 0.321. The molecule has 1 aliphatic rings. The molecule has 0 bridgehead atoms. The van der Waals surface area contributed by atoms with Gasteiger partial charge in [-0.2, -0.15) is 0 Å². The van der Waals surface area contributed by atoms with Crippen LogP contribution >= 0.6 is 0 Å². The number of aromatic nitrogens is 5. The number of nitrogens with zero attached hydrogens (tertiary/aromatic N) is 6. The zero-order valence-corrected chi connectivity index (χ0v) is 22.5. The maximum atomic E-state index is 13.6. The summed E-state index contributed by atoms with van der Waals surface area (Å²) in [6.07, 6.45) is 0. The number of ether oxygens (including phenoxy) is 2. The molecule has 0 amide bonds. The monoisotopic (exact) mass is 537 g/mol. The van der Waals surface area contributed by atoms with Gasteiger partial charge in [0.25, 0.3) is 5.56 Å². The average Bonchev–Trinajstić information content (AvgIpc) is 3.45. The minimum absolute atomic E-state index is 0.169. The summed E-state index contributed by atoms with van der Waals surface area (Å²) in [6, 6.07) is 25.4. The van der Waals surface area contributed by atoms with Crippen molar-refractivity contribution in [2.75, 3.05) is 45.3 Å². The van der Waals surface area contributed by atoms with E-state index >= 15 is 0 Å². The molecule has 0 radical (unpaired) electrons. The highest BCUT2D eigenvalue weighted by Gasteiger charge is 2.33. The number of rotatable bonds is 8. The molecule has 40 heavy (non-hydrogen) atoms. The highest BCUT2D eigenvalue weighted by atomic mass is 16.5. The van der Waals surface area contributed by atoms with Crippen LogP contribution < -0.4 is 19.9 Å². The number of tetrazole rings is 1. The van der Waals surface area contributed by atoms with Crippen LogP contribution in [-0.4, -0.2) is 70.5 Å². The Morgan fingerprint density at radius 1 is 0.875 bits per heavy atom. The van der Waals surface area contributed by atoms with Crippen molar-refractivity contribution in [2.45, 2.75) is 12.6 Å². The second-order valence-corrected chi connectivity index (χ2v) is 9.81. The largest absolute Gasteiger partial charge is 0.497 e. The minimum atomic E-state index is -0.424. The van der Waals surface area contributed by atoms with Crippen LogP contribution in [0.4, 0.5) is 5.69 Å². The standard InChI is InChI=1S/C30H31N7O3/c1-39-24-12-9-23(10-13-24)35-14-16-36(17-15-35)28(29-32-33-34-37(29)20-21-6-4-3-5-7-21)26-18-22-8-11-25(40-2)19-27(22)31-30(26)38/h3-13,18-19,28H,14-17,20H2,1-2H3,(H,31,38)/t28-/m0/s1. The zero-order chi connectivity index (χ0) is 27.5. The van der Waals surface area contributed by atoms with Crippen LogP contribution in [0.3, 0.4) is 0 Å². The first-order valence-electron chi connectivity index (χ1n) is 13.3. The SMILES string of the molecule is COc1ccc(N2CCN([C@@H](c3cc4ccc(OC)cc4[nH]c3=O)c3nnnn3Cc3ccccc3)CC2)cc1. The van der Waals surface area contributed by atoms with E-state index in [-0.39, 0.29) is 5.56 Å². The van der Waals surface area contributed by atoms with Gasteiger partial charge < -0.3 is 19.4 Å². The number of anilines is 1. The Labute approximate surface area is 231 Å². The van der Waals surface area contributed by atoms with Gasteiger partial charge in [-0.1, -0.05) is 30.3 Å². The van der Waals surface area contributed by atoms with Gasteiger partial charge in [-0.3, -0.25) is 9.69 Å². The van der Waals surface area contributed by atoms with Gasteiger partial charge in [0.2, 0.25) is 0 Å². The molecule has 10 nitrogen and oxygen atoms in total. The lowest BCUT2D eigenvalue weighted by Crippen LogP contribution is -2.49. The van der Waals surface area contributed by atoms with Crippen molar-refractivity contribution < 1.29 is 9.47 Å². The first kappa shape index (κ1) is 25.6. The molecule has 0 spiro atoms. The molecule has 1 atom stereocenters. The molecular formula is C30H31N7O3. The molecule has 0 aliphatic carbocycles. The van der Waals surface area contributed by atoms with Crippen LogP contribution in [-0.2, 0) is 6.54 Å². The number of piperazine rings is 1. The summed E-state index contributed by atoms with van der Waals surface area (Å²) in [4.78, 5) is 21.3. The molecule has 3 heterocycles. The van der Waals surface area contributed by atoms with E-state index in [0.29, 0.717) is 23.7 Å². The summed E-state index contributed by atoms with van der Waals surface area (Å²) >= 11 is 0. The van der Waals surface area contributed by atoms with Crippen molar-refractivity contribution in [2.24, 2.45) is 0 Å². The second-order valence-electron chi connectivity index (χ2n) is 9.81. The molecule has 204 valence electrons. The lowest BCUT2D eigenvalue weighted by molar-refractivity contribution is 0.200. The highest BCUT2D eigenvalue weighted by molar-refractivity contribution is 5.80. The number of aromatic amines is 1. The average molecular weight is 538 g/mol. The summed E-state index contributed by atoms with van der Waals surface area (Å²) in [5, 5.41) is 13.7. The smallest absolute Gasteiger partial charge is 0.253 e. The topological polar surface area (TPSA) is 101 Å². The Hall–Kier alpha value is -4.70. The summed E-state index contributed by atoms with van der Waals surface area (Å²) in [5.41, 5.74) is 3.39. The van der Waals surface area contributed by atoms with Crippen molar-refractivity contribution in [3.63, 3.8) is 0 Å². The van der Waals surface area contributed by atoms with Gasteiger partial charge >= 0.3 is 0 Å². The van der Waals surface area contributed by atoms with E-state index in [1.165, 1.54) is 0 Å². The van der Waals surface area contributed by atoms with E-state index in [0.717, 1.165) is 54.1 Å². The van der Waals surface area contributed by atoms with E-state index in [4.69, 9.17) is 9.47 Å². The summed E-state index contributed by atoms with van der Waals surface area (Å²) < 4.78 is 12.5. The Kier molecular flexibility index (Phi) is 7.15. The van der Waals surface area contributed by atoms with Crippen molar-refractivity contribution in [3.05, 3.63) is 106 Å². The summed E-state index contributed by atoms with van der Waals surface area (Å²) in [5.74, 6) is 2.16. The number of hydrogen-bond acceptors (Lipinski definition) is 8. The van der Waals surface area contributed by atoms with Crippen LogP contribution in [0.5, 0.6) is 11.5 Å². The van der Waals surface area contributed by atoms with Crippen molar-refractivity contribution in [3.8, 4) is 11.5 Å². The van der Waals surface area contributed by atoms with Crippen molar-refractivity contribution in [1.29, 1.82) is 0 Å². The zero-order valence-electron chi connectivity index (χ0n) is 22.5. The molecule has 6 rings (SSSR count). The number of pyridine rings is 1. The minimum Gasteiger partial charge on any atom is -0.497 e. The van der Waals surface area contributed by atoms with Gasteiger partial charge in [-0.15, -0.1) is 5.10 Å². The molecule has 1 aliphatic heterocycles. The van der Waals surface area contributed by atoms with Crippen molar-refractivity contribution in [1.82, 2.24) is 30.1 Å². The number of fused-ring (bicyclic) bond motifs is 1. The highest BCUT2D eigenvalue weighted by Crippen LogP contribution is 2.30. The number of H-pyrrole nitrogens is 1. The first-order valence-corrected chi connectivity index (χ1v) is 13.3. The third kappa shape index (κ3) is 5.13. The van der Waals surface area contributed by atoms with E-state index in [1.54, 1.807) is 18.9 Å². The third-order valence-electron chi connectivity index (χ3n) is 7.47. The Morgan fingerprint density at radius 2 is 1.60 bits per heavy atom. The fourth-order valence-corrected chi connectivity index (χ4v) is 5.33. The molecule has 1 N–H and O–H groups in total. The molecule has 1 saturated heterocycles. The van der Waals surface area contributed by atoms with Crippen LogP contribution in [0.15, 0.2) is 83.7 Å². The molecule has 2 aromatic heterocycles. The predicted molar refractivity (Wildman–Crippen MR) is 153 cm³/mol. The van der Waals surface area contributed by atoms with Crippen molar-refractivity contribution >= 4 is 16.6 Å². The van der Waals surface area contributed by atoms with Crippen LogP contribution in [0.25, 0.3) is 10.9 Å². The third-order valence-corrected chi connectivity index (χ3v) is 7.47. The summed E-state index contributed by atoms with van der Waals surface area (Å²) in [7, 11) is 3.28. The number of hydrogen-bond donors (Lipinski definition) is 1. The van der Waals surface area contributed by atoms with Gasteiger partial charge in [0, 0.05) is 43.5 Å². The van der Waals surface area contributed by atoms with Gasteiger partial charge in [0.15, 0.2) is 5.82 Å². The van der Waals surface area contributed by atoms with Gasteiger partial charge in [-0.05, 0) is 63.8 Å². The Balaban J connectivity index is 1.36. The number of methoxy groups -OCH3 is 2. The van der Waals surface area contributed by atoms with E-state index in [2.05, 4.69) is 42.4 Å². The normalized spacial score (nSPS) is 14.8. The Morgan fingerprint density at radius 3 is 2.33 bits per heavy atom. The molecule has 5 aromatic rings. The van der Waals surface area contributed by atoms with E-state index in [1.807, 2.05) is 66.7 Å². The molecule has 0 unspecified atom stereocenters. The molecule has 10 heteroatoms. The van der Waals surface area contributed by atoms with Gasteiger partial charge in [0.05, 0.1) is 26.3 Å². The molecule has 0 saturated carbocycles. The fraction of sp³-hybridized carbons (Fsp3) is 0.267. The predicted octanol–water partition coefficient (Wildman–Crippen LogP) is 3.49. The van der Waals surface area contributed by atoms with Gasteiger partial charge in [0.1, 0.15) is 17.5 Å². The van der Waals surface area contributed by atoms with Crippen LogP contribution in [0.1, 0.15) is 23.0 Å². The van der Waals surface area contributed by atoms with E-state index < -0.39 is 6.04 Å². The Bertz CT molecular complexity index is 1640. The number of nitrogens with one attached hydrogen (secondary N) is 1. The maximum Gasteiger partial charge on any atom is 0.253 e. The van der Waals surface area contributed by atoms with E-state index in [9.17, 15) is 4.79 Å². The van der Waals surface area contributed by atoms with Crippen LogP contribution in [0, 0.1) is 0 Å². The summed E-state index contributed by atoms with van der Waals surface area (Å²) in [6.45, 7) is 3.57. The van der Waals surface area contributed by atoms with Crippen LogP contribution in [0.2, 0.25) is 0 Å². The fourth-order valence-electron chi connectivity index (χ4n) is 5.33. The maximum absolute atomic E-state index is 13.6. The molecule has 1 fully saturated rings. The lowest BCUT2D eigenvalue weighted by atomic mass is 10.0. The molecule has 3 aromatic carbocycles. The second kappa shape index (κ2) is 11.2.